The van der Waals surface area contributed by atoms with Gasteiger partial charge in [-0.1, -0.05) is 51.1 Å². The summed E-state index contributed by atoms with van der Waals surface area (Å²) in [6.07, 6.45) is -0.939. The largest absolute Gasteiger partial charge is 0.460 e. The first kappa shape index (κ1) is 21.9. The lowest BCUT2D eigenvalue weighted by Crippen LogP contribution is -2.39. The molecule has 0 saturated carbocycles. The van der Waals surface area contributed by atoms with Crippen LogP contribution >= 0.6 is 0 Å². The molecule has 5 heteroatoms. The standard InChI is InChI=1S/C22H34O5/c1-14(2)20(24)15(3)21-17(12-16-10-8-7-9-11-16)25-19(26-21)13-18(23)27-22(4,5)6/h7-11,14-15,17,19-21,24H,12-13H2,1-6H3/t15-,17-,19-,20+,21+/m0/s1. The van der Waals surface area contributed by atoms with Crippen LogP contribution in [-0.2, 0) is 25.4 Å². The van der Waals surface area contributed by atoms with Gasteiger partial charge in [-0.2, -0.15) is 0 Å². The SMILES string of the molecule is CC(C)[C@@H](O)[C@H](C)[C@H]1O[C@@H](CC(=O)OC(C)(C)C)O[C@H]1Cc1ccccc1. The summed E-state index contributed by atoms with van der Waals surface area (Å²) in [6.45, 7) is 11.5. The predicted octanol–water partition coefficient (Wildman–Crippen LogP) is 3.72. The molecule has 1 aromatic carbocycles. The number of aliphatic hydroxyl groups is 1. The molecule has 0 aromatic heterocycles. The number of benzene rings is 1. The smallest absolute Gasteiger partial charge is 0.311 e. The zero-order valence-electron chi connectivity index (χ0n) is 17.3. The highest BCUT2D eigenvalue weighted by Gasteiger charge is 2.43. The Bertz CT molecular complexity index is 592. The summed E-state index contributed by atoms with van der Waals surface area (Å²) < 4.78 is 17.5. The monoisotopic (exact) mass is 378 g/mol. The van der Waals surface area contributed by atoms with Crippen LogP contribution in [0.5, 0.6) is 0 Å². The van der Waals surface area contributed by atoms with Crippen molar-refractivity contribution in [1.82, 2.24) is 0 Å². The molecular formula is C22H34O5. The Morgan fingerprint density at radius 1 is 1.15 bits per heavy atom. The lowest BCUT2D eigenvalue weighted by molar-refractivity contribution is -0.165. The van der Waals surface area contributed by atoms with Crippen LogP contribution in [0.3, 0.4) is 0 Å². The maximum absolute atomic E-state index is 12.2. The molecule has 152 valence electrons. The molecule has 0 radical (unpaired) electrons. The minimum atomic E-state index is -0.652. The molecule has 5 atom stereocenters. The zero-order valence-corrected chi connectivity index (χ0v) is 17.3. The van der Waals surface area contributed by atoms with Gasteiger partial charge in [0.1, 0.15) is 5.60 Å². The van der Waals surface area contributed by atoms with Crippen molar-refractivity contribution >= 4 is 5.97 Å². The Balaban J connectivity index is 2.09. The topological polar surface area (TPSA) is 65.0 Å². The molecule has 0 aliphatic carbocycles. The van der Waals surface area contributed by atoms with Crippen LogP contribution in [0.1, 0.15) is 53.5 Å². The molecule has 2 rings (SSSR count). The third-order valence-electron chi connectivity index (χ3n) is 4.77. The van der Waals surface area contributed by atoms with Crippen LogP contribution in [0.4, 0.5) is 0 Å². The third-order valence-corrected chi connectivity index (χ3v) is 4.77. The second kappa shape index (κ2) is 9.18. The Morgan fingerprint density at radius 2 is 1.78 bits per heavy atom. The molecule has 1 saturated heterocycles. The minimum Gasteiger partial charge on any atom is -0.460 e. The van der Waals surface area contributed by atoms with Gasteiger partial charge < -0.3 is 19.3 Å². The summed E-state index contributed by atoms with van der Waals surface area (Å²) in [5.74, 6) is -0.336. The van der Waals surface area contributed by atoms with Crippen molar-refractivity contribution in [2.75, 3.05) is 0 Å². The van der Waals surface area contributed by atoms with Gasteiger partial charge in [-0.25, -0.2) is 0 Å². The van der Waals surface area contributed by atoms with Gasteiger partial charge in [0.2, 0.25) is 0 Å². The van der Waals surface area contributed by atoms with Crippen molar-refractivity contribution in [1.29, 1.82) is 0 Å². The summed E-state index contributed by atoms with van der Waals surface area (Å²) >= 11 is 0. The average molecular weight is 379 g/mol. The normalized spacial score (nSPS) is 25.4. The van der Waals surface area contributed by atoms with Gasteiger partial charge in [-0.3, -0.25) is 4.79 Å². The van der Waals surface area contributed by atoms with Crippen LogP contribution in [0.2, 0.25) is 0 Å². The number of aliphatic hydroxyl groups excluding tert-OH is 1. The molecule has 0 spiro atoms. The van der Waals surface area contributed by atoms with Gasteiger partial charge >= 0.3 is 5.97 Å². The maximum atomic E-state index is 12.2. The molecule has 5 nitrogen and oxygen atoms in total. The predicted molar refractivity (Wildman–Crippen MR) is 104 cm³/mol. The molecule has 0 unspecified atom stereocenters. The Hall–Kier alpha value is -1.43. The quantitative estimate of drug-likeness (QED) is 0.733. The van der Waals surface area contributed by atoms with Crippen LogP contribution in [0.25, 0.3) is 0 Å². The fourth-order valence-corrected chi connectivity index (χ4v) is 3.46. The Kier molecular flexibility index (Phi) is 7.43. The summed E-state index contributed by atoms with van der Waals surface area (Å²) in [6, 6.07) is 10.1. The number of hydrogen-bond acceptors (Lipinski definition) is 5. The van der Waals surface area contributed by atoms with Gasteiger partial charge in [0, 0.05) is 12.3 Å². The average Bonchev–Trinajstić information content (AvgIpc) is 2.94. The summed E-state index contributed by atoms with van der Waals surface area (Å²) in [5, 5.41) is 10.5. The zero-order chi connectivity index (χ0) is 20.2. The van der Waals surface area contributed by atoms with Crippen molar-refractivity contribution in [3.63, 3.8) is 0 Å². The molecular weight excluding hydrogens is 344 g/mol. The van der Waals surface area contributed by atoms with E-state index < -0.39 is 18.0 Å². The Labute approximate surface area is 163 Å². The first-order valence-corrected chi connectivity index (χ1v) is 9.81. The molecule has 1 aromatic rings. The highest BCUT2D eigenvalue weighted by atomic mass is 16.7. The van der Waals surface area contributed by atoms with Crippen LogP contribution in [0.15, 0.2) is 30.3 Å². The second-order valence-electron chi connectivity index (χ2n) is 8.78. The lowest BCUT2D eigenvalue weighted by Gasteiger charge is -2.29. The van der Waals surface area contributed by atoms with Gasteiger partial charge in [0.25, 0.3) is 0 Å². The van der Waals surface area contributed by atoms with E-state index in [-0.39, 0.29) is 36.4 Å². The second-order valence-corrected chi connectivity index (χ2v) is 8.78. The van der Waals surface area contributed by atoms with E-state index in [1.165, 1.54) is 0 Å². The van der Waals surface area contributed by atoms with Crippen molar-refractivity contribution in [3.8, 4) is 0 Å². The van der Waals surface area contributed by atoms with E-state index in [0.717, 1.165) is 5.56 Å². The summed E-state index contributed by atoms with van der Waals surface area (Å²) in [4.78, 5) is 12.2. The number of ether oxygens (including phenoxy) is 3. The van der Waals surface area contributed by atoms with E-state index in [9.17, 15) is 9.90 Å². The highest BCUT2D eigenvalue weighted by Crippen LogP contribution is 2.32. The molecule has 0 amide bonds. The van der Waals surface area contributed by atoms with Crippen molar-refractivity contribution < 1.29 is 24.1 Å². The number of carbonyl (C=O) groups excluding carboxylic acids is 1. The summed E-state index contributed by atoms with van der Waals surface area (Å²) in [5.41, 5.74) is 0.597. The number of rotatable bonds is 7. The fraction of sp³-hybridized carbons (Fsp3) is 0.682. The molecule has 1 aliphatic heterocycles. The molecule has 1 aliphatic rings. The molecule has 27 heavy (non-hydrogen) atoms. The van der Waals surface area contributed by atoms with E-state index in [1.807, 2.05) is 71.9 Å². The highest BCUT2D eigenvalue weighted by molar-refractivity contribution is 5.70. The number of hydrogen-bond donors (Lipinski definition) is 1. The van der Waals surface area contributed by atoms with Gasteiger partial charge in [0.05, 0.1) is 24.7 Å². The van der Waals surface area contributed by atoms with E-state index >= 15 is 0 Å². The lowest BCUT2D eigenvalue weighted by atomic mass is 9.86. The number of carbonyl (C=O) groups is 1. The molecule has 0 bridgehead atoms. The van der Waals surface area contributed by atoms with E-state index in [1.54, 1.807) is 0 Å². The molecule has 1 N–H and O–H groups in total. The van der Waals surface area contributed by atoms with Gasteiger partial charge in [0.15, 0.2) is 6.29 Å². The van der Waals surface area contributed by atoms with E-state index in [2.05, 4.69) is 0 Å². The van der Waals surface area contributed by atoms with Crippen molar-refractivity contribution in [2.24, 2.45) is 11.8 Å². The van der Waals surface area contributed by atoms with E-state index in [0.29, 0.717) is 6.42 Å². The fourth-order valence-electron chi connectivity index (χ4n) is 3.46. The maximum Gasteiger partial charge on any atom is 0.311 e. The van der Waals surface area contributed by atoms with Crippen LogP contribution in [-0.4, -0.2) is 41.3 Å². The first-order valence-electron chi connectivity index (χ1n) is 9.81. The van der Waals surface area contributed by atoms with Crippen molar-refractivity contribution in [2.45, 2.75) is 84.6 Å². The first-order chi connectivity index (χ1) is 12.6. The molecule has 1 heterocycles. The van der Waals surface area contributed by atoms with E-state index in [4.69, 9.17) is 14.2 Å². The Morgan fingerprint density at radius 3 is 2.33 bits per heavy atom. The summed E-state index contributed by atoms with van der Waals surface area (Å²) in [7, 11) is 0. The minimum absolute atomic E-state index is 0.0452. The van der Waals surface area contributed by atoms with Crippen LogP contribution in [0, 0.1) is 11.8 Å². The third kappa shape index (κ3) is 6.59. The van der Waals surface area contributed by atoms with Crippen LogP contribution < -0.4 is 0 Å². The van der Waals surface area contributed by atoms with Crippen molar-refractivity contribution in [3.05, 3.63) is 35.9 Å². The van der Waals surface area contributed by atoms with Gasteiger partial charge in [-0.15, -0.1) is 0 Å². The molecule has 1 fully saturated rings. The van der Waals surface area contributed by atoms with Gasteiger partial charge in [-0.05, 0) is 32.3 Å². The number of esters is 1.